The molecule has 0 bridgehead atoms. The van der Waals surface area contributed by atoms with E-state index in [4.69, 9.17) is 34.4 Å². The van der Waals surface area contributed by atoms with E-state index in [1.807, 2.05) is 0 Å². The van der Waals surface area contributed by atoms with Crippen LogP contribution in [-0.2, 0) is 52.5 Å². The van der Waals surface area contributed by atoms with Gasteiger partial charge in [-0.05, 0) is 38.5 Å². The molecule has 61 heavy (non-hydrogen) atoms. The zero-order chi connectivity index (χ0) is 45.2. The van der Waals surface area contributed by atoms with Crippen LogP contribution < -0.4 is 26.7 Å². The smallest absolute Gasteiger partial charge is 0.326 e. The first-order chi connectivity index (χ1) is 29.5. The fraction of sp³-hybridized carbons (Fsp3) is 0.829. The van der Waals surface area contributed by atoms with Gasteiger partial charge in [-0.15, -0.1) is 0 Å². The van der Waals surface area contributed by atoms with E-state index >= 15 is 0 Å². The Balaban J connectivity index is 3.65. The van der Waals surface area contributed by atoms with E-state index in [1.165, 1.54) is 38.5 Å². The molecule has 0 aliphatic carbocycles. The number of carboxylic acid groups (broad SMARTS) is 3. The molecule has 0 aromatic rings. The number of carboxylic acids is 3. The monoisotopic (exact) mass is 878 g/mol. The summed E-state index contributed by atoms with van der Waals surface area (Å²) in [6.45, 7) is 1.61. The highest BCUT2D eigenvalue weighted by Gasteiger charge is 2.21. The third-order valence-electron chi connectivity index (χ3n) is 9.38. The maximum absolute atomic E-state index is 12.3. The molecule has 0 saturated carbocycles. The minimum absolute atomic E-state index is 0.0353. The van der Waals surface area contributed by atoms with Gasteiger partial charge in [0, 0.05) is 38.9 Å². The molecular formula is C41H75N5O15. The van der Waals surface area contributed by atoms with Crippen molar-refractivity contribution in [3.05, 3.63) is 0 Å². The molecule has 4 amide bonds. The lowest BCUT2D eigenvalue weighted by atomic mass is 10.0. The van der Waals surface area contributed by atoms with Crippen LogP contribution in [0.3, 0.4) is 0 Å². The number of carbonyl (C=O) groups excluding carboxylic acids is 4. The summed E-state index contributed by atoms with van der Waals surface area (Å²) in [6.07, 6.45) is 16.7. The third-order valence-corrected chi connectivity index (χ3v) is 9.38. The molecule has 20 heteroatoms. The molecule has 0 spiro atoms. The van der Waals surface area contributed by atoms with Crippen LogP contribution >= 0.6 is 0 Å². The standard InChI is InChI=1S/C41H75N5O15/c47-35(21-20-33(40(53)54)45-36(48)18-13-11-9-7-5-3-1-2-4-6-8-10-12-14-19-39(51)52)43-23-25-58-27-30-61-32-38(50)44-24-26-59-28-29-60-31-37(49)42-22-16-15-17-34(46-57)41(55)56/h33-34,46,57H,1-32H2,(H,42,49)(H,43,47)(H,44,50)(H,45,48)(H,51,52)(H,53,54)(H,55,56)/t33?,34-/m0/s1. The molecular weight excluding hydrogens is 802 g/mol. The van der Waals surface area contributed by atoms with Crippen LogP contribution in [0.15, 0.2) is 0 Å². The Morgan fingerprint density at radius 3 is 1.28 bits per heavy atom. The van der Waals surface area contributed by atoms with Gasteiger partial charge in [0.2, 0.25) is 23.6 Å². The third kappa shape index (κ3) is 39.9. The van der Waals surface area contributed by atoms with Crippen LogP contribution in [0.4, 0.5) is 0 Å². The number of unbranched alkanes of at least 4 members (excludes halogenated alkanes) is 14. The first-order valence-corrected chi connectivity index (χ1v) is 21.9. The lowest BCUT2D eigenvalue weighted by molar-refractivity contribution is -0.143. The van der Waals surface area contributed by atoms with Crippen molar-refractivity contribution in [2.75, 3.05) is 72.5 Å². The first kappa shape index (κ1) is 57.1. The van der Waals surface area contributed by atoms with Crippen molar-refractivity contribution in [1.82, 2.24) is 26.7 Å². The number of hydrogen-bond donors (Lipinski definition) is 9. The van der Waals surface area contributed by atoms with Gasteiger partial charge in [0.1, 0.15) is 25.3 Å². The first-order valence-electron chi connectivity index (χ1n) is 21.9. The Morgan fingerprint density at radius 1 is 0.393 bits per heavy atom. The van der Waals surface area contributed by atoms with Gasteiger partial charge in [-0.1, -0.05) is 77.0 Å². The predicted octanol–water partition coefficient (Wildman–Crippen LogP) is 2.68. The summed E-state index contributed by atoms with van der Waals surface area (Å²) < 4.78 is 21.2. The Morgan fingerprint density at radius 2 is 0.820 bits per heavy atom. The van der Waals surface area contributed by atoms with Crippen LogP contribution in [-0.4, -0.2) is 147 Å². The molecule has 2 atom stereocenters. The van der Waals surface area contributed by atoms with Gasteiger partial charge in [0.15, 0.2) is 0 Å². The fourth-order valence-electron chi connectivity index (χ4n) is 5.91. The summed E-state index contributed by atoms with van der Waals surface area (Å²) in [5, 5.41) is 46.2. The summed E-state index contributed by atoms with van der Waals surface area (Å²) in [5.41, 5.74) is 1.72. The predicted molar refractivity (Wildman–Crippen MR) is 223 cm³/mol. The Labute approximate surface area is 360 Å². The van der Waals surface area contributed by atoms with Crippen molar-refractivity contribution >= 4 is 41.5 Å². The van der Waals surface area contributed by atoms with Gasteiger partial charge < -0.3 is 60.7 Å². The fourth-order valence-corrected chi connectivity index (χ4v) is 5.91. The number of aliphatic carboxylic acids is 3. The molecule has 0 aromatic heterocycles. The zero-order valence-corrected chi connectivity index (χ0v) is 36.1. The van der Waals surface area contributed by atoms with Crippen LogP contribution in [0, 0.1) is 0 Å². The van der Waals surface area contributed by atoms with Gasteiger partial charge in [-0.2, -0.15) is 5.48 Å². The number of amides is 4. The van der Waals surface area contributed by atoms with Gasteiger partial charge in [-0.25, -0.2) is 4.79 Å². The molecule has 1 unspecified atom stereocenters. The van der Waals surface area contributed by atoms with Gasteiger partial charge in [-0.3, -0.25) is 28.8 Å². The maximum Gasteiger partial charge on any atom is 0.326 e. The molecule has 0 aliphatic rings. The molecule has 0 aliphatic heterocycles. The van der Waals surface area contributed by atoms with E-state index < -0.39 is 30.0 Å². The Kier molecular flexibility index (Phi) is 38.7. The summed E-state index contributed by atoms with van der Waals surface area (Å²) in [6, 6.07) is -2.19. The average molecular weight is 878 g/mol. The van der Waals surface area contributed by atoms with Crippen molar-refractivity contribution in [1.29, 1.82) is 0 Å². The highest BCUT2D eigenvalue weighted by molar-refractivity contribution is 5.84. The molecule has 0 saturated heterocycles. The van der Waals surface area contributed by atoms with Gasteiger partial charge >= 0.3 is 17.9 Å². The zero-order valence-electron chi connectivity index (χ0n) is 36.1. The average Bonchev–Trinajstić information content (AvgIpc) is 3.22. The number of hydrogen-bond acceptors (Lipinski definition) is 13. The number of ether oxygens (including phenoxy) is 4. The number of hydroxylamine groups is 1. The molecule has 0 fully saturated rings. The Bertz CT molecular complexity index is 1200. The lowest BCUT2D eigenvalue weighted by Gasteiger charge is -2.14. The topological polar surface area (TPSA) is 297 Å². The van der Waals surface area contributed by atoms with Crippen molar-refractivity contribution < 1.29 is 73.0 Å². The molecule has 9 N–H and O–H groups in total. The molecule has 0 rings (SSSR count). The van der Waals surface area contributed by atoms with Crippen LogP contribution in [0.5, 0.6) is 0 Å². The summed E-state index contributed by atoms with van der Waals surface area (Å²) >= 11 is 0. The van der Waals surface area contributed by atoms with E-state index in [1.54, 1.807) is 5.48 Å². The largest absolute Gasteiger partial charge is 0.481 e. The SMILES string of the molecule is O=C(O)CCCCCCCCCCCCCCCCC(=O)NC(CCC(=O)NCCOCCOCC(=O)NCCOCCOCC(=O)NCCCC[C@H](NO)C(=O)O)C(=O)O. The molecule has 20 nitrogen and oxygen atoms in total. The second-order valence-electron chi connectivity index (χ2n) is 14.7. The van der Waals surface area contributed by atoms with Gasteiger partial charge in [0.05, 0.1) is 39.6 Å². The van der Waals surface area contributed by atoms with Crippen LogP contribution in [0.25, 0.3) is 0 Å². The molecule has 0 radical (unpaired) electrons. The second kappa shape index (κ2) is 41.4. The van der Waals surface area contributed by atoms with Crippen molar-refractivity contribution in [2.45, 2.75) is 147 Å². The Hall–Kier alpha value is -3.95. The highest BCUT2D eigenvalue weighted by Crippen LogP contribution is 2.14. The summed E-state index contributed by atoms with van der Waals surface area (Å²) in [7, 11) is 0. The minimum Gasteiger partial charge on any atom is -0.481 e. The highest BCUT2D eigenvalue weighted by atomic mass is 16.5. The summed E-state index contributed by atoms with van der Waals surface area (Å²) in [4.78, 5) is 81.1. The van der Waals surface area contributed by atoms with E-state index in [9.17, 15) is 38.7 Å². The van der Waals surface area contributed by atoms with Crippen LogP contribution in [0.2, 0.25) is 0 Å². The quantitative estimate of drug-likeness (QED) is 0.0314. The van der Waals surface area contributed by atoms with E-state index in [0.29, 0.717) is 25.8 Å². The number of carbonyl (C=O) groups is 7. The maximum atomic E-state index is 12.3. The minimum atomic E-state index is -1.19. The normalized spacial score (nSPS) is 12.0. The molecule has 0 heterocycles. The van der Waals surface area contributed by atoms with E-state index in [-0.39, 0.29) is 122 Å². The van der Waals surface area contributed by atoms with Crippen molar-refractivity contribution in [3.63, 3.8) is 0 Å². The second-order valence-corrected chi connectivity index (χ2v) is 14.7. The molecule has 0 aromatic carbocycles. The summed E-state index contributed by atoms with van der Waals surface area (Å²) in [5.74, 6) is -4.42. The van der Waals surface area contributed by atoms with Gasteiger partial charge in [0.25, 0.3) is 0 Å². The molecule has 354 valence electrons. The number of nitrogens with one attached hydrogen (secondary N) is 5. The van der Waals surface area contributed by atoms with Crippen molar-refractivity contribution in [2.24, 2.45) is 0 Å². The van der Waals surface area contributed by atoms with E-state index in [0.717, 1.165) is 44.9 Å². The van der Waals surface area contributed by atoms with Crippen LogP contribution in [0.1, 0.15) is 135 Å². The van der Waals surface area contributed by atoms with Crippen molar-refractivity contribution in [3.8, 4) is 0 Å². The lowest BCUT2D eigenvalue weighted by Crippen LogP contribution is -2.41. The number of rotatable bonds is 45. The van der Waals surface area contributed by atoms with E-state index in [2.05, 4.69) is 21.3 Å².